The van der Waals surface area contributed by atoms with Crippen molar-refractivity contribution < 1.29 is 13.2 Å². The standard InChI is InChI=1S/C14H22N4O4S/c1-10(2)14(20)15-8-11-7-13(19)18-6-4-5-17(23(3,21)22)9-12(18)16-11/h7,10H,4-6,8-9H2,1-3H3,(H,15,20). The molecule has 0 atom stereocenters. The Hall–Kier alpha value is -1.74. The molecule has 0 saturated heterocycles. The predicted octanol–water partition coefficient (Wildman–Crippen LogP) is -0.319. The van der Waals surface area contributed by atoms with Gasteiger partial charge in [-0.3, -0.25) is 14.2 Å². The van der Waals surface area contributed by atoms with E-state index in [1.807, 2.05) is 0 Å². The van der Waals surface area contributed by atoms with Crippen molar-refractivity contribution in [2.24, 2.45) is 5.92 Å². The summed E-state index contributed by atoms with van der Waals surface area (Å²) >= 11 is 0. The van der Waals surface area contributed by atoms with Crippen molar-refractivity contribution in [3.8, 4) is 0 Å². The molecular weight excluding hydrogens is 320 g/mol. The van der Waals surface area contributed by atoms with E-state index >= 15 is 0 Å². The zero-order valence-corrected chi connectivity index (χ0v) is 14.4. The highest BCUT2D eigenvalue weighted by atomic mass is 32.2. The van der Waals surface area contributed by atoms with Gasteiger partial charge in [0.1, 0.15) is 5.82 Å². The molecule has 1 amide bonds. The Bertz CT molecular complexity index is 755. The molecule has 0 fully saturated rings. The highest BCUT2D eigenvalue weighted by Crippen LogP contribution is 2.12. The number of hydrogen-bond acceptors (Lipinski definition) is 5. The number of hydrogen-bond donors (Lipinski definition) is 1. The topological polar surface area (TPSA) is 101 Å². The Morgan fingerprint density at radius 1 is 1.39 bits per heavy atom. The summed E-state index contributed by atoms with van der Waals surface area (Å²) in [5.41, 5.74) is 0.213. The van der Waals surface area contributed by atoms with Gasteiger partial charge in [-0.1, -0.05) is 13.8 Å². The molecule has 2 rings (SSSR count). The molecule has 0 aliphatic carbocycles. The van der Waals surface area contributed by atoms with Crippen LogP contribution in [-0.2, 0) is 34.5 Å². The first kappa shape index (κ1) is 17.6. The SMILES string of the molecule is CC(C)C(=O)NCc1cc(=O)n2c(n1)CN(S(C)(=O)=O)CCC2. The van der Waals surface area contributed by atoms with Gasteiger partial charge in [-0.15, -0.1) is 0 Å². The van der Waals surface area contributed by atoms with Crippen LogP contribution in [0.5, 0.6) is 0 Å². The van der Waals surface area contributed by atoms with Crippen LogP contribution in [0.4, 0.5) is 0 Å². The summed E-state index contributed by atoms with van der Waals surface area (Å²) in [5.74, 6) is 0.131. The zero-order valence-electron chi connectivity index (χ0n) is 13.6. The Labute approximate surface area is 135 Å². The minimum absolute atomic E-state index is 0.0695. The third-order valence-electron chi connectivity index (χ3n) is 3.68. The number of fused-ring (bicyclic) bond motifs is 1. The van der Waals surface area contributed by atoms with Gasteiger partial charge in [0.05, 0.1) is 25.0 Å². The van der Waals surface area contributed by atoms with E-state index in [-0.39, 0.29) is 30.5 Å². The number of aromatic nitrogens is 2. The van der Waals surface area contributed by atoms with E-state index < -0.39 is 10.0 Å². The number of carbonyl (C=O) groups excluding carboxylic acids is 1. The van der Waals surface area contributed by atoms with E-state index in [1.165, 1.54) is 14.9 Å². The van der Waals surface area contributed by atoms with Gasteiger partial charge in [0, 0.05) is 25.1 Å². The molecule has 0 unspecified atom stereocenters. The zero-order chi connectivity index (χ0) is 17.2. The maximum absolute atomic E-state index is 12.2. The monoisotopic (exact) mass is 342 g/mol. The number of carbonyl (C=O) groups is 1. The Balaban J connectivity index is 2.27. The van der Waals surface area contributed by atoms with Crippen LogP contribution >= 0.6 is 0 Å². The second kappa shape index (κ2) is 6.79. The van der Waals surface area contributed by atoms with Gasteiger partial charge in [0.15, 0.2) is 0 Å². The summed E-state index contributed by atoms with van der Waals surface area (Å²) in [6.45, 7) is 4.57. The third kappa shape index (κ3) is 4.38. The minimum atomic E-state index is -3.35. The lowest BCUT2D eigenvalue weighted by atomic mass is 10.2. The van der Waals surface area contributed by atoms with Crippen molar-refractivity contribution in [2.75, 3.05) is 12.8 Å². The molecule has 1 N–H and O–H groups in total. The van der Waals surface area contributed by atoms with Crippen LogP contribution in [0.25, 0.3) is 0 Å². The van der Waals surface area contributed by atoms with E-state index in [2.05, 4.69) is 10.3 Å². The lowest BCUT2D eigenvalue weighted by molar-refractivity contribution is -0.124. The molecule has 2 heterocycles. The first-order valence-electron chi connectivity index (χ1n) is 7.51. The molecule has 0 saturated carbocycles. The fraction of sp³-hybridized carbons (Fsp3) is 0.643. The summed E-state index contributed by atoms with van der Waals surface area (Å²) < 4.78 is 26.3. The number of nitrogens with zero attached hydrogens (tertiary/aromatic N) is 3. The number of amides is 1. The van der Waals surface area contributed by atoms with Crippen LogP contribution in [0.15, 0.2) is 10.9 Å². The Morgan fingerprint density at radius 3 is 2.70 bits per heavy atom. The second-order valence-electron chi connectivity index (χ2n) is 5.98. The molecule has 0 bridgehead atoms. The van der Waals surface area contributed by atoms with E-state index in [0.29, 0.717) is 31.0 Å². The molecule has 0 aromatic carbocycles. The van der Waals surface area contributed by atoms with Crippen molar-refractivity contribution >= 4 is 15.9 Å². The van der Waals surface area contributed by atoms with Gasteiger partial charge < -0.3 is 5.32 Å². The fourth-order valence-corrected chi connectivity index (χ4v) is 3.17. The van der Waals surface area contributed by atoms with Crippen LogP contribution in [0.2, 0.25) is 0 Å². The van der Waals surface area contributed by atoms with Crippen molar-refractivity contribution in [3.63, 3.8) is 0 Å². The second-order valence-corrected chi connectivity index (χ2v) is 7.96. The molecule has 0 radical (unpaired) electrons. The molecule has 0 spiro atoms. The fourth-order valence-electron chi connectivity index (χ4n) is 2.36. The van der Waals surface area contributed by atoms with Crippen LogP contribution < -0.4 is 10.9 Å². The third-order valence-corrected chi connectivity index (χ3v) is 4.93. The molecule has 1 aliphatic heterocycles. The van der Waals surface area contributed by atoms with Gasteiger partial charge >= 0.3 is 0 Å². The van der Waals surface area contributed by atoms with Crippen molar-refractivity contribution in [1.82, 2.24) is 19.2 Å². The van der Waals surface area contributed by atoms with E-state index in [1.54, 1.807) is 13.8 Å². The highest BCUT2D eigenvalue weighted by molar-refractivity contribution is 7.88. The first-order valence-corrected chi connectivity index (χ1v) is 9.36. The molecular formula is C14H22N4O4S. The van der Waals surface area contributed by atoms with Crippen LogP contribution in [0, 0.1) is 5.92 Å². The Morgan fingerprint density at radius 2 is 2.09 bits per heavy atom. The Kier molecular flexibility index (Phi) is 5.20. The average Bonchev–Trinajstić information content (AvgIpc) is 2.67. The van der Waals surface area contributed by atoms with Gasteiger partial charge in [-0.05, 0) is 6.42 Å². The van der Waals surface area contributed by atoms with E-state index in [4.69, 9.17) is 0 Å². The quantitative estimate of drug-likeness (QED) is 0.808. The van der Waals surface area contributed by atoms with Gasteiger partial charge in [0.2, 0.25) is 15.9 Å². The van der Waals surface area contributed by atoms with Crippen LogP contribution in [0.1, 0.15) is 31.8 Å². The first-order chi connectivity index (χ1) is 10.7. The van der Waals surface area contributed by atoms with E-state index in [0.717, 1.165) is 6.26 Å². The summed E-state index contributed by atoms with van der Waals surface area (Å²) in [7, 11) is -3.35. The summed E-state index contributed by atoms with van der Waals surface area (Å²) in [6.07, 6.45) is 1.71. The molecule has 8 nitrogen and oxygen atoms in total. The van der Waals surface area contributed by atoms with Gasteiger partial charge in [-0.2, -0.15) is 4.31 Å². The van der Waals surface area contributed by atoms with E-state index in [9.17, 15) is 18.0 Å². The molecule has 23 heavy (non-hydrogen) atoms. The summed E-state index contributed by atoms with van der Waals surface area (Å²) in [6, 6.07) is 1.39. The van der Waals surface area contributed by atoms with Crippen molar-refractivity contribution in [2.45, 2.75) is 39.9 Å². The lowest BCUT2D eigenvalue weighted by Crippen LogP contribution is -2.32. The molecule has 1 aromatic heterocycles. The maximum Gasteiger partial charge on any atom is 0.253 e. The molecule has 128 valence electrons. The van der Waals surface area contributed by atoms with Crippen LogP contribution in [0.3, 0.4) is 0 Å². The van der Waals surface area contributed by atoms with Crippen molar-refractivity contribution in [1.29, 1.82) is 0 Å². The molecule has 1 aliphatic rings. The number of rotatable bonds is 4. The minimum Gasteiger partial charge on any atom is -0.350 e. The normalized spacial score (nSPS) is 16.0. The molecule has 1 aromatic rings. The van der Waals surface area contributed by atoms with Crippen molar-refractivity contribution in [3.05, 3.63) is 27.9 Å². The molecule has 9 heteroatoms. The average molecular weight is 342 g/mol. The number of sulfonamides is 1. The number of nitrogens with one attached hydrogen (secondary N) is 1. The summed E-state index contributed by atoms with van der Waals surface area (Å²) in [4.78, 5) is 28.2. The smallest absolute Gasteiger partial charge is 0.253 e. The van der Waals surface area contributed by atoms with Gasteiger partial charge in [-0.25, -0.2) is 13.4 Å². The summed E-state index contributed by atoms with van der Waals surface area (Å²) in [5, 5.41) is 2.71. The largest absolute Gasteiger partial charge is 0.350 e. The highest BCUT2D eigenvalue weighted by Gasteiger charge is 2.23. The van der Waals surface area contributed by atoms with Gasteiger partial charge in [0.25, 0.3) is 5.56 Å². The maximum atomic E-state index is 12.2. The van der Waals surface area contributed by atoms with Crippen LogP contribution in [-0.4, -0.2) is 41.0 Å². The predicted molar refractivity (Wildman–Crippen MR) is 85.1 cm³/mol. The lowest BCUT2D eigenvalue weighted by Gasteiger charge is -2.17.